The number of aliphatic hydroxyl groups excluding tert-OH is 1. The SMILES string of the molecule is CCCc1cc(C(C)O)co1. The summed E-state index contributed by atoms with van der Waals surface area (Å²) in [5, 5.41) is 9.15. The Morgan fingerprint density at radius 1 is 1.64 bits per heavy atom. The lowest BCUT2D eigenvalue weighted by molar-refractivity contribution is 0.198. The van der Waals surface area contributed by atoms with Crippen molar-refractivity contribution >= 4 is 0 Å². The summed E-state index contributed by atoms with van der Waals surface area (Å²) in [6.07, 6.45) is 3.24. The molecule has 1 atom stereocenters. The standard InChI is InChI=1S/C9H14O2/c1-3-4-9-5-8(6-11-9)7(2)10/h5-7,10H,3-4H2,1-2H3. The van der Waals surface area contributed by atoms with E-state index in [9.17, 15) is 0 Å². The zero-order valence-corrected chi connectivity index (χ0v) is 7.00. The van der Waals surface area contributed by atoms with Crippen LogP contribution >= 0.6 is 0 Å². The van der Waals surface area contributed by atoms with Crippen LogP contribution in [0.1, 0.15) is 37.7 Å². The Bertz CT molecular complexity index is 213. The molecule has 2 nitrogen and oxygen atoms in total. The summed E-state index contributed by atoms with van der Waals surface area (Å²) in [6.45, 7) is 3.84. The molecule has 1 aromatic rings. The molecule has 0 fully saturated rings. The van der Waals surface area contributed by atoms with Crippen molar-refractivity contribution in [1.82, 2.24) is 0 Å². The maximum Gasteiger partial charge on any atom is 0.104 e. The fourth-order valence-corrected chi connectivity index (χ4v) is 0.994. The van der Waals surface area contributed by atoms with E-state index in [1.807, 2.05) is 6.07 Å². The first-order valence-corrected chi connectivity index (χ1v) is 3.99. The van der Waals surface area contributed by atoms with Gasteiger partial charge in [0.05, 0.1) is 12.4 Å². The lowest BCUT2D eigenvalue weighted by atomic mass is 10.2. The van der Waals surface area contributed by atoms with Gasteiger partial charge in [-0.2, -0.15) is 0 Å². The first kappa shape index (κ1) is 8.34. The molecule has 2 heteroatoms. The number of aryl methyl sites for hydroxylation is 1. The Morgan fingerprint density at radius 2 is 2.36 bits per heavy atom. The molecule has 0 saturated heterocycles. The molecule has 1 N–H and O–H groups in total. The highest BCUT2D eigenvalue weighted by atomic mass is 16.3. The normalized spacial score (nSPS) is 13.4. The highest BCUT2D eigenvalue weighted by Gasteiger charge is 2.04. The van der Waals surface area contributed by atoms with E-state index in [-0.39, 0.29) is 0 Å². The van der Waals surface area contributed by atoms with Gasteiger partial charge < -0.3 is 9.52 Å². The van der Waals surface area contributed by atoms with Crippen LogP contribution in [0.25, 0.3) is 0 Å². The van der Waals surface area contributed by atoms with Crippen molar-refractivity contribution in [2.45, 2.75) is 32.8 Å². The molecular weight excluding hydrogens is 140 g/mol. The minimum absolute atomic E-state index is 0.413. The Morgan fingerprint density at radius 3 is 2.82 bits per heavy atom. The van der Waals surface area contributed by atoms with E-state index in [1.165, 1.54) is 0 Å². The molecule has 0 aromatic carbocycles. The molecule has 0 aliphatic rings. The predicted octanol–water partition coefficient (Wildman–Crippen LogP) is 2.29. The van der Waals surface area contributed by atoms with Crippen LogP contribution in [0.5, 0.6) is 0 Å². The van der Waals surface area contributed by atoms with Gasteiger partial charge in [-0.05, 0) is 19.4 Å². The Hall–Kier alpha value is -0.760. The summed E-state index contributed by atoms with van der Waals surface area (Å²) in [5.74, 6) is 0.961. The molecule has 1 unspecified atom stereocenters. The Labute approximate surface area is 66.8 Å². The zero-order valence-electron chi connectivity index (χ0n) is 7.00. The first-order valence-electron chi connectivity index (χ1n) is 3.99. The third kappa shape index (κ3) is 2.09. The average Bonchev–Trinajstić information content (AvgIpc) is 2.37. The van der Waals surface area contributed by atoms with Crippen molar-refractivity contribution in [2.24, 2.45) is 0 Å². The second-order valence-electron chi connectivity index (χ2n) is 2.77. The van der Waals surface area contributed by atoms with Crippen molar-refractivity contribution < 1.29 is 9.52 Å². The highest BCUT2D eigenvalue weighted by molar-refractivity contribution is 5.14. The van der Waals surface area contributed by atoms with Crippen molar-refractivity contribution in [3.63, 3.8) is 0 Å². The first-order chi connectivity index (χ1) is 5.24. The van der Waals surface area contributed by atoms with Crippen LogP contribution in [-0.4, -0.2) is 5.11 Å². The van der Waals surface area contributed by atoms with Gasteiger partial charge in [0.2, 0.25) is 0 Å². The fourth-order valence-electron chi connectivity index (χ4n) is 0.994. The third-order valence-electron chi connectivity index (χ3n) is 1.65. The number of furan rings is 1. The van der Waals surface area contributed by atoms with Gasteiger partial charge in [0.25, 0.3) is 0 Å². The Kier molecular flexibility index (Phi) is 2.71. The van der Waals surface area contributed by atoms with Gasteiger partial charge in [-0.3, -0.25) is 0 Å². The molecule has 0 amide bonds. The molecule has 0 aliphatic carbocycles. The van der Waals surface area contributed by atoms with Crippen LogP contribution in [0.2, 0.25) is 0 Å². The monoisotopic (exact) mass is 154 g/mol. The summed E-state index contributed by atoms with van der Waals surface area (Å²) >= 11 is 0. The molecular formula is C9H14O2. The molecule has 1 rings (SSSR count). The van der Waals surface area contributed by atoms with Crippen LogP contribution in [0, 0.1) is 0 Å². The summed E-state index contributed by atoms with van der Waals surface area (Å²) < 4.78 is 5.21. The van der Waals surface area contributed by atoms with Gasteiger partial charge in [0.15, 0.2) is 0 Å². The summed E-state index contributed by atoms with van der Waals surface area (Å²) in [7, 11) is 0. The van der Waals surface area contributed by atoms with E-state index in [0.29, 0.717) is 0 Å². The van der Waals surface area contributed by atoms with Gasteiger partial charge in [-0.25, -0.2) is 0 Å². The third-order valence-corrected chi connectivity index (χ3v) is 1.65. The van der Waals surface area contributed by atoms with Crippen molar-refractivity contribution in [3.8, 4) is 0 Å². The van der Waals surface area contributed by atoms with E-state index in [0.717, 1.165) is 24.2 Å². The molecule has 0 spiro atoms. The van der Waals surface area contributed by atoms with Gasteiger partial charge in [0, 0.05) is 12.0 Å². The number of hydrogen-bond acceptors (Lipinski definition) is 2. The van der Waals surface area contributed by atoms with Crippen LogP contribution < -0.4 is 0 Å². The summed E-state index contributed by atoms with van der Waals surface area (Å²) in [4.78, 5) is 0. The molecule has 1 aromatic heterocycles. The van der Waals surface area contributed by atoms with Crippen LogP contribution in [0.4, 0.5) is 0 Å². The molecule has 0 aliphatic heterocycles. The number of rotatable bonds is 3. The summed E-state index contributed by atoms with van der Waals surface area (Å²) in [6, 6.07) is 1.91. The Balaban J connectivity index is 2.66. The van der Waals surface area contributed by atoms with E-state index in [2.05, 4.69) is 6.92 Å². The van der Waals surface area contributed by atoms with Crippen molar-refractivity contribution in [2.75, 3.05) is 0 Å². The van der Waals surface area contributed by atoms with Crippen LogP contribution in [0.15, 0.2) is 16.7 Å². The maximum atomic E-state index is 9.15. The van der Waals surface area contributed by atoms with Gasteiger partial charge in [-0.15, -0.1) is 0 Å². The van der Waals surface area contributed by atoms with Gasteiger partial charge in [0.1, 0.15) is 5.76 Å². The molecule has 0 saturated carbocycles. The molecule has 0 radical (unpaired) electrons. The van der Waals surface area contributed by atoms with Crippen molar-refractivity contribution in [3.05, 3.63) is 23.7 Å². The van der Waals surface area contributed by atoms with Crippen molar-refractivity contribution in [1.29, 1.82) is 0 Å². The summed E-state index contributed by atoms with van der Waals surface area (Å²) in [5.41, 5.74) is 0.869. The topological polar surface area (TPSA) is 33.4 Å². The molecule has 62 valence electrons. The number of hydrogen-bond donors (Lipinski definition) is 1. The lowest BCUT2D eigenvalue weighted by Gasteiger charge is -1.95. The quantitative estimate of drug-likeness (QED) is 0.724. The maximum absolute atomic E-state index is 9.15. The second kappa shape index (κ2) is 3.58. The van der Waals surface area contributed by atoms with Gasteiger partial charge in [-0.1, -0.05) is 6.92 Å². The zero-order chi connectivity index (χ0) is 8.27. The lowest BCUT2D eigenvalue weighted by Crippen LogP contribution is -1.86. The van der Waals surface area contributed by atoms with Crippen LogP contribution in [-0.2, 0) is 6.42 Å². The van der Waals surface area contributed by atoms with E-state index in [1.54, 1.807) is 13.2 Å². The minimum atomic E-state index is -0.413. The van der Waals surface area contributed by atoms with Crippen LogP contribution in [0.3, 0.4) is 0 Å². The smallest absolute Gasteiger partial charge is 0.104 e. The minimum Gasteiger partial charge on any atom is -0.469 e. The number of aliphatic hydroxyl groups is 1. The average molecular weight is 154 g/mol. The van der Waals surface area contributed by atoms with E-state index >= 15 is 0 Å². The van der Waals surface area contributed by atoms with E-state index < -0.39 is 6.10 Å². The second-order valence-corrected chi connectivity index (χ2v) is 2.77. The molecule has 1 heterocycles. The molecule has 0 bridgehead atoms. The predicted molar refractivity (Wildman–Crippen MR) is 43.3 cm³/mol. The highest BCUT2D eigenvalue weighted by Crippen LogP contribution is 2.16. The largest absolute Gasteiger partial charge is 0.469 e. The fraction of sp³-hybridized carbons (Fsp3) is 0.556. The van der Waals surface area contributed by atoms with Gasteiger partial charge >= 0.3 is 0 Å². The van der Waals surface area contributed by atoms with E-state index in [4.69, 9.17) is 9.52 Å². The molecule has 11 heavy (non-hydrogen) atoms.